The Balaban J connectivity index is 1.25. The molecule has 0 radical (unpaired) electrons. The maximum atomic E-state index is 13.9. The summed E-state index contributed by atoms with van der Waals surface area (Å²) in [7, 11) is 0. The van der Waals surface area contributed by atoms with Gasteiger partial charge in [0.15, 0.2) is 0 Å². The Kier molecular flexibility index (Phi) is 5.55. The fraction of sp³-hybridized carbons (Fsp3) is 0.0476. The lowest BCUT2D eigenvalue weighted by Crippen LogP contribution is -2.03. The van der Waals surface area contributed by atoms with Crippen LogP contribution < -0.4 is 0 Å². The molecule has 5 heteroatoms. The van der Waals surface area contributed by atoms with E-state index in [9.17, 15) is 4.39 Å². The number of halogens is 1. The molecule has 0 N–H and O–H groups in total. The van der Waals surface area contributed by atoms with Gasteiger partial charge in [0.1, 0.15) is 5.82 Å². The second kappa shape index (κ2) is 9.96. The molecule has 0 spiro atoms. The zero-order valence-electron chi connectivity index (χ0n) is 25.4. The van der Waals surface area contributed by atoms with Gasteiger partial charge in [-0.2, -0.15) is 0 Å². The summed E-state index contributed by atoms with van der Waals surface area (Å²) in [6, 6.07) is 43.1. The van der Waals surface area contributed by atoms with Crippen molar-refractivity contribution in [3.8, 4) is 22.9 Å². The lowest BCUT2D eigenvalue weighted by atomic mass is 9.99. The van der Waals surface area contributed by atoms with Gasteiger partial charge in [-0.1, -0.05) is 84.9 Å². The van der Waals surface area contributed by atoms with Crippen molar-refractivity contribution in [3.05, 3.63) is 151 Å². The standard InChI is InChI=1S/C42H27FN4/c43-28-19-21-29(22-20-28)46-36-15-7-4-11-31(36)34-25-27(18-23-38(34)46)41-32-12-3-6-14-35(32)44-42(45-41)47-37-16-8-5-13-33(37)40-30-10-2-1-9-26(30)17-24-39(40)47/h1-6,8-14,16-25H,7,15H2. The summed E-state index contributed by atoms with van der Waals surface area (Å²) in [4.78, 5) is 10.5. The number of hydrogen-bond donors (Lipinski definition) is 0. The normalized spacial score (nSPS) is 13.0. The highest BCUT2D eigenvalue weighted by molar-refractivity contribution is 6.21. The predicted molar refractivity (Wildman–Crippen MR) is 191 cm³/mol. The molecule has 0 amide bonds. The van der Waals surface area contributed by atoms with Crippen molar-refractivity contribution in [2.24, 2.45) is 0 Å². The molecule has 0 fully saturated rings. The summed E-state index contributed by atoms with van der Waals surface area (Å²) in [5.41, 5.74) is 9.50. The van der Waals surface area contributed by atoms with Crippen molar-refractivity contribution in [3.63, 3.8) is 0 Å². The molecule has 3 aromatic heterocycles. The Bertz CT molecular complexity index is 2750. The molecule has 4 nitrogen and oxygen atoms in total. The van der Waals surface area contributed by atoms with Crippen LogP contribution in [0.25, 0.3) is 83.4 Å². The van der Waals surface area contributed by atoms with E-state index < -0.39 is 0 Å². The Morgan fingerprint density at radius 2 is 1.34 bits per heavy atom. The predicted octanol–water partition coefficient (Wildman–Crippen LogP) is 10.6. The molecule has 1 aliphatic rings. The zero-order chi connectivity index (χ0) is 31.1. The maximum absolute atomic E-state index is 13.9. The molecule has 0 aliphatic heterocycles. The maximum Gasteiger partial charge on any atom is 0.235 e. The summed E-state index contributed by atoms with van der Waals surface area (Å²) in [5.74, 6) is 0.412. The Morgan fingerprint density at radius 3 is 2.23 bits per heavy atom. The molecule has 10 rings (SSSR count). The minimum atomic E-state index is -0.232. The van der Waals surface area contributed by atoms with Crippen molar-refractivity contribution in [1.82, 2.24) is 19.1 Å². The van der Waals surface area contributed by atoms with Crippen molar-refractivity contribution >= 4 is 60.5 Å². The first-order valence-electron chi connectivity index (χ1n) is 16.0. The zero-order valence-corrected chi connectivity index (χ0v) is 25.4. The molecule has 9 aromatic rings. The van der Waals surface area contributed by atoms with Gasteiger partial charge < -0.3 is 4.57 Å². The topological polar surface area (TPSA) is 35.6 Å². The average molecular weight is 607 g/mol. The highest BCUT2D eigenvalue weighted by Crippen LogP contribution is 2.39. The molecule has 0 atom stereocenters. The number of nitrogens with zero attached hydrogens (tertiary/aromatic N) is 4. The second-order valence-electron chi connectivity index (χ2n) is 12.3. The molecular weight excluding hydrogens is 579 g/mol. The lowest BCUT2D eigenvalue weighted by Gasteiger charge is -2.13. The molecule has 0 saturated heterocycles. The first kappa shape index (κ1) is 26.2. The first-order chi connectivity index (χ1) is 23.2. The highest BCUT2D eigenvalue weighted by atomic mass is 19.1. The highest BCUT2D eigenvalue weighted by Gasteiger charge is 2.22. The SMILES string of the molecule is Fc1ccc(-n2c3c(c4cc(-c5nc(-n6c7ccccc7c7c8ccccc8ccc76)nc6ccccc56)ccc42)C=CCC3)cc1. The summed E-state index contributed by atoms with van der Waals surface area (Å²) in [6.45, 7) is 0. The number of para-hydroxylation sites is 2. The van der Waals surface area contributed by atoms with Gasteiger partial charge in [0, 0.05) is 44.1 Å². The van der Waals surface area contributed by atoms with Crippen LogP contribution in [-0.2, 0) is 6.42 Å². The number of benzene rings is 6. The summed E-state index contributed by atoms with van der Waals surface area (Å²) in [5, 5.41) is 6.98. The number of aromatic nitrogens is 4. The minimum absolute atomic E-state index is 0.232. The molecule has 6 aromatic carbocycles. The molecule has 3 heterocycles. The van der Waals surface area contributed by atoms with Crippen LogP contribution in [0.3, 0.4) is 0 Å². The first-order valence-corrected chi connectivity index (χ1v) is 16.0. The van der Waals surface area contributed by atoms with Gasteiger partial charge in [-0.3, -0.25) is 4.57 Å². The van der Waals surface area contributed by atoms with E-state index in [2.05, 4.69) is 118 Å². The third-order valence-electron chi connectivity index (χ3n) is 9.65. The molecule has 0 bridgehead atoms. The van der Waals surface area contributed by atoms with E-state index in [0.717, 1.165) is 62.6 Å². The Morgan fingerprint density at radius 1 is 0.596 bits per heavy atom. The van der Waals surface area contributed by atoms with Crippen LogP contribution in [0.15, 0.2) is 133 Å². The molecular formula is C42H27FN4. The summed E-state index contributed by atoms with van der Waals surface area (Å²) in [6.07, 6.45) is 6.38. The fourth-order valence-corrected chi connectivity index (χ4v) is 7.59. The van der Waals surface area contributed by atoms with E-state index in [1.807, 2.05) is 18.2 Å². The third-order valence-corrected chi connectivity index (χ3v) is 9.65. The van der Waals surface area contributed by atoms with E-state index in [-0.39, 0.29) is 5.82 Å². The molecule has 0 unspecified atom stereocenters. The van der Waals surface area contributed by atoms with Crippen LogP contribution in [0.1, 0.15) is 17.7 Å². The van der Waals surface area contributed by atoms with E-state index in [0.29, 0.717) is 5.95 Å². The van der Waals surface area contributed by atoms with Crippen molar-refractivity contribution in [2.45, 2.75) is 12.8 Å². The van der Waals surface area contributed by atoms with Crippen LogP contribution in [0.5, 0.6) is 0 Å². The van der Waals surface area contributed by atoms with E-state index in [1.54, 1.807) is 0 Å². The largest absolute Gasteiger partial charge is 0.313 e. The van der Waals surface area contributed by atoms with E-state index in [4.69, 9.17) is 9.97 Å². The summed E-state index contributed by atoms with van der Waals surface area (Å²) >= 11 is 0. The Hall–Kier alpha value is -6.07. The number of hydrogen-bond acceptors (Lipinski definition) is 2. The van der Waals surface area contributed by atoms with E-state index >= 15 is 0 Å². The third kappa shape index (κ3) is 3.86. The van der Waals surface area contributed by atoms with Crippen LogP contribution in [0, 0.1) is 5.82 Å². The van der Waals surface area contributed by atoms with Gasteiger partial charge in [0.25, 0.3) is 0 Å². The van der Waals surface area contributed by atoms with Crippen LogP contribution in [0.2, 0.25) is 0 Å². The van der Waals surface area contributed by atoms with Crippen molar-refractivity contribution in [1.29, 1.82) is 0 Å². The number of rotatable bonds is 3. The number of fused-ring (bicyclic) bond motifs is 9. The molecule has 1 aliphatic carbocycles. The van der Waals surface area contributed by atoms with Crippen LogP contribution in [0.4, 0.5) is 4.39 Å². The summed E-state index contributed by atoms with van der Waals surface area (Å²) < 4.78 is 18.4. The minimum Gasteiger partial charge on any atom is -0.313 e. The van der Waals surface area contributed by atoms with Gasteiger partial charge >= 0.3 is 0 Å². The smallest absolute Gasteiger partial charge is 0.235 e. The molecule has 222 valence electrons. The molecule has 0 saturated carbocycles. The monoisotopic (exact) mass is 606 g/mol. The fourth-order valence-electron chi connectivity index (χ4n) is 7.59. The van der Waals surface area contributed by atoms with Gasteiger partial charge in [-0.25, -0.2) is 14.4 Å². The van der Waals surface area contributed by atoms with Gasteiger partial charge in [-0.05, 0) is 78.2 Å². The van der Waals surface area contributed by atoms with Gasteiger partial charge in [0.2, 0.25) is 5.95 Å². The molecule has 47 heavy (non-hydrogen) atoms. The van der Waals surface area contributed by atoms with Crippen molar-refractivity contribution < 1.29 is 4.39 Å². The van der Waals surface area contributed by atoms with Gasteiger partial charge in [0.05, 0.1) is 27.8 Å². The second-order valence-corrected chi connectivity index (χ2v) is 12.3. The lowest BCUT2D eigenvalue weighted by molar-refractivity contribution is 0.627. The average Bonchev–Trinajstić information content (AvgIpc) is 3.64. The van der Waals surface area contributed by atoms with Crippen molar-refractivity contribution in [2.75, 3.05) is 0 Å². The Labute approximate surface area is 269 Å². The van der Waals surface area contributed by atoms with E-state index in [1.165, 1.54) is 44.9 Å². The number of allylic oxidation sites excluding steroid dienone is 1. The van der Waals surface area contributed by atoms with Crippen LogP contribution in [-0.4, -0.2) is 19.1 Å². The van der Waals surface area contributed by atoms with Crippen LogP contribution >= 0.6 is 0 Å². The van der Waals surface area contributed by atoms with Gasteiger partial charge in [-0.15, -0.1) is 0 Å². The quantitative estimate of drug-likeness (QED) is 0.201.